The van der Waals surface area contributed by atoms with Gasteiger partial charge in [0.15, 0.2) is 0 Å². The third-order valence-corrected chi connectivity index (χ3v) is 7.00. The van der Waals surface area contributed by atoms with Gasteiger partial charge in [0.1, 0.15) is 11.8 Å². The molecule has 0 aliphatic rings. The first-order valence-corrected chi connectivity index (χ1v) is 13.0. The van der Waals surface area contributed by atoms with E-state index in [1.807, 2.05) is 32.9 Å². The molecule has 0 saturated carbocycles. The summed E-state index contributed by atoms with van der Waals surface area (Å²) in [4.78, 5) is 28.2. The fraction of sp³-hybridized carbons (Fsp3) is 0.308. The van der Waals surface area contributed by atoms with Gasteiger partial charge in [-0.15, -0.1) is 0 Å². The van der Waals surface area contributed by atoms with Crippen molar-refractivity contribution in [2.24, 2.45) is 0 Å². The van der Waals surface area contributed by atoms with Crippen molar-refractivity contribution in [1.29, 1.82) is 0 Å². The van der Waals surface area contributed by atoms with Crippen molar-refractivity contribution in [1.82, 2.24) is 10.0 Å². The molecule has 2 N–H and O–H groups in total. The van der Waals surface area contributed by atoms with Crippen molar-refractivity contribution in [3.63, 3.8) is 0 Å². The number of furan rings is 1. The fourth-order valence-electron chi connectivity index (χ4n) is 3.71. The Labute approximate surface area is 206 Å². The third kappa shape index (κ3) is 6.80. The molecule has 0 aliphatic carbocycles. The van der Waals surface area contributed by atoms with E-state index in [1.54, 1.807) is 36.4 Å². The van der Waals surface area contributed by atoms with Crippen LogP contribution in [0.15, 0.2) is 76.2 Å². The number of benzene rings is 2. The van der Waals surface area contributed by atoms with Crippen LogP contribution in [0, 0.1) is 13.8 Å². The van der Waals surface area contributed by atoms with Crippen LogP contribution in [0.25, 0.3) is 0 Å². The summed E-state index contributed by atoms with van der Waals surface area (Å²) in [5, 5.41) is 2.83. The molecule has 2 amide bonds. The number of sulfonamides is 1. The number of amides is 2. The first-order valence-electron chi connectivity index (χ1n) is 11.5. The molecule has 35 heavy (non-hydrogen) atoms. The minimum Gasteiger partial charge on any atom is -0.467 e. The van der Waals surface area contributed by atoms with Gasteiger partial charge in [-0.3, -0.25) is 14.5 Å². The molecule has 1 atom stereocenters. The normalized spacial score (nSPS) is 12.2. The van der Waals surface area contributed by atoms with Crippen molar-refractivity contribution in [3.8, 4) is 0 Å². The number of anilines is 1. The van der Waals surface area contributed by atoms with Gasteiger partial charge in [0.05, 0.1) is 24.2 Å². The maximum absolute atomic E-state index is 13.5. The van der Waals surface area contributed by atoms with E-state index in [-0.39, 0.29) is 17.3 Å². The van der Waals surface area contributed by atoms with Crippen LogP contribution in [0.3, 0.4) is 0 Å². The van der Waals surface area contributed by atoms with Crippen molar-refractivity contribution in [2.75, 3.05) is 11.4 Å². The Hall–Kier alpha value is -3.43. The maximum Gasteiger partial charge on any atom is 0.243 e. The van der Waals surface area contributed by atoms with Crippen LogP contribution >= 0.6 is 0 Å². The zero-order chi connectivity index (χ0) is 25.4. The first kappa shape index (κ1) is 26.2. The number of hydrogen-bond acceptors (Lipinski definition) is 5. The van der Waals surface area contributed by atoms with E-state index in [4.69, 9.17) is 4.42 Å². The number of aryl methyl sites for hydroxylation is 2. The van der Waals surface area contributed by atoms with Crippen LogP contribution < -0.4 is 14.9 Å². The largest absolute Gasteiger partial charge is 0.467 e. The number of nitrogens with one attached hydrogen (secondary N) is 2. The highest BCUT2D eigenvalue weighted by Crippen LogP contribution is 2.24. The van der Waals surface area contributed by atoms with Gasteiger partial charge in [-0.1, -0.05) is 49.2 Å². The molecular weight excluding hydrogens is 466 g/mol. The maximum atomic E-state index is 13.5. The van der Waals surface area contributed by atoms with Gasteiger partial charge >= 0.3 is 0 Å². The Bertz CT molecular complexity index is 1240. The summed E-state index contributed by atoms with van der Waals surface area (Å²) in [7, 11) is -3.91. The number of nitrogens with zero attached hydrogens (tertiary/aromatic N) is 1. The Morgan fingerprint density at radius 1 is 1.00 bits per heavy atom. The molecule has 1 heterocycles. The Kier molecular flexibility index (Phi) is 8.84. The summed E-state index contributed by atoms with van der Waals surface area (Å²) in [5.41, 5.74) is 2.27. The lowest BCUT2D eigenvalue weighted by atomic mass is 10.1. The van der Waals surface area contributed by atoms with Crippen LogP contribution in [0.1, 0.15) is 36.7 Å². The van der Waals surface area contributed by atoms with Crippen molar-refractivity contribution < 1.29 is 22.4 Å². The molecule has 0 saturated heterocycles. The summed E-state index contributed by atoms with van der Waals surface area (Å²) in [6.07, 6.45) is 2.56. The lowest BCUT2D eigenvalue weighted by molar-refractivity contribution is -0.126. The van der Waals surface area contributed by atoms with Gasteiger partial charge < -0.3 is 9.73 Å². The average Bonchev–Trinajstić information content (AvgIpc) is 3.36. The van der Waals surface area contributed by atoms with E-state index in [0.29, 0.717) is 24.3 Å². The predicted molar refractivity (Wildman–Crippen MR) is 134 cm³/mol. The average molecular weight is 498 g/mol. The Morgan fingerprint density at radius 3 is 2.34 bits per heavy atom. The summed E-state index contributed by atoms with van der Waals surface area (Å²) >= 11 is 0. The monoisotopic (exact) mass is 497 g/mol. The number of rotatable bonds is 11. The van der Waals surface area contributed by atoms with Crippen LogP contribution in [0.5, 0.6) is 0 Å². The highest BCUT2D eigenvalue weighted by Gasteiger charge is 2.32. The molecule has 0 bridgehead atoms. The summed E-state index contributed by atoms with van der Waals surface area (Å²) < 4.78 is 33.2. The van der Waals surface area contributed by atoms with Gasteiger partial charge in [-0.2, -0.15) is 0 Å². The molecule has 1 aromatic heterocycles. The van der Waals surface area contributed by atoms with Gasteiger partial charge in [-0.25, -0.2) is 13.1 Å². The standard InChI is InChI=1S/C26H31N3O5S/c1-4-8-24(26(31)27-17-21-10-7-16-34-21)29(23-11-6-5-9-20(23)3)25(30)18-28-35(32,33)22-14-12-19(2)13-15-22/h5-7,9-16,24,28H,4,8,17-18H2,1-3H3,(H,27,31)/t24-/m1/s1. The minimum absolute atomic E-state index is 0.0691. The molecular formula is C26H31N3O5S. The van der Waals surface area contributed by atoms with E-state index in [2.05, 4.69) is 10.0 Å². The molecule has 9 heteroatoms. The second kappa shape index (κ2) is 11.8. The molecule has 186 valence electrons. The van der Waals surface area contributed by atoms with Crippen LogP contribution in [0.2, 0.25) is 0 Å². The Balaban J connectivity index is 1.86. The zero-order valence-electron chi connectivity index (χ0n) is 20.2. The second-order valence-electron chi connectivity index (χ2n) is 8.29. The van der Waals surface area contributed by atoms with Crippen molar-refractivity contribution in [2.45, 2.75) is 51.1 Å². The van der Waals surface area contributed by atoms with Gasteiger partial charge in [0, 0.05) is 5.69 Å². The van der Waals surface area contributed by atoms with Crippen LogP contribution in [0.4, 0.5) is 5.69 Å². The lowest BCUT2D eigenvalue weighted by Gasteiger charge is -2.32. The Morgan fingerprint density at radius 2 is 1.71 bits per heavy atom. The second-order valence-corrected chi connectivity index (χ2v) is 10.1. The smallest absolute Gasteiger partial charge is 0.243 e. The molecule has 3 rings (SSSR count). The van der Waals surface area contributed by atoms with Gasteiger partial charge in [0.2, 0.25) is 21.8 Å². The summed E-state index contributed by atoms with van der Waals surface area (Å²) in [5.74, 6) is -0.281. The topological polar surface area (TPSA) is 109 Å². The van der Waals surface area contributed by atoms with Crippen LogP contribution in [-0.2, 0) is 26.2 Å². The molecule has 0 aliphatic heterocycles. The van der Waals surface area contributed by atoms with Gasteiger partial charge in [0.25, 0.3) is 0 Å². The molecule has 0 unspecified atom stereocenters. The number of para-hydroxylation sites is 1. The van der Waals surface area contributed by atoms with E-state index < -0.39 is 28.5 Å². The van der Waals surface area contributed by atoms with Crippen LogP contribution in [-0.4, -0.2) is 32.8 Å². The first-order chi connectivity index (χ1) is 16.7. The predicted octanol–water partition coefficient (Wildman–Crippen LogP) is 3.69. The van der Waals surface area contributed by atoms with Gasteiger partial charge in [-0.05, 0) is 56.2 Å². The molecule has 0 radical (unpaired) electrons. The lowest BCUT2D eigenvalue weighted by Crippen LogP contribution is -2.52. The molecule has 3 aromatic rings. The number of hydrogen-bond donors (Lipinski definition) is 2. The van der Waals surface area contributed by atoms with E-state index in [9.17, 15) is 18.0 Å². The number of carbonyl (C=O) groups is 2. The quantitative estimate of drug-likeness (QED) is 0.420. The zero-order valence-corrected chi connectivity index (χ0v) is 21.0. The number of carbonyl (C=O) groups excluding carboxylic acids is 2. The highest BCUT2D eigenvalue weighted by atomic mass is 32.2. The summed E-state index contributed by atoms with van der Waals surface area (Å²) in [6, 6.07) is 16.2. The van der Waals surface area contributed by atoms with Crippen molar-refractivity contribution in [3.05, 3.63) is 83.8 Å². The van der Waals surface area contributed by atoms with E-state index in [0.717, 1.165) is 11.1 Å². The molecule has 8 nitrogen and oxygen atoms in total. The van der Waals surface area contributed by atoms with Crippen molar-refractivity contribution >= 4 is 27.5 Å². The molecule has 2 aromatic carbocycles. The SMILES string of the molecule is CCC[C@H](C(=O)NCc1ccco1)N(C(=O)CNS(=O)(=O)c1ccc(C)cc1)c1ccccc1C. The molecule has 0 spiro atoms. The summed E-state index contributed by atoms with van der Waals surface area (Å²) in [6.45, 7) is 5.32. The van der Waals surface area contributed by atoms with E-state index >= 15 is 0 Å². The highest BCUT2D eigenvalue weighted by molar-refractivity contribution is 7.89. The minimum atomic E-state index is -3.91. The molecule has 0 fully saturated rings. The fourth-order valence-corrected chi connectivity index (χ4v) is 4.68. The van der Waals surface area contributed by atoms with E-state index in [1.165, 1.54) is 23.3 Å². The third-order valence-electron chi connectivity index (χ3n) is 5.58.